The highest BCUT2D eigenvalue weighted by Gasteiger charge is 2.13. The van der Waals surface area contributed by atoms with Crippen LogP contribution >= 0.6 is 0 Å². The van der Waals surface area contributed by atoms with Crippen LogP contribution in [0, 0.1) is 0 Å². The summed E-state index contributed by atoms with van der Waals surface area (Å²) in [5.74, 6) is 0.790. The van der Waals surface area contributed by atoms with Crippen LogP contribution in [0.3, 0.4) is 0 Å². The zero-order valence-electron chi connectivity index (χ0n) is 7.53. The third-order valence-electron chi connectivity index (χ3n) is 2.22. The van der Waals surface area contributed by atoms with Crippen molar-refractivity contribution in [2.45, 2.75) is 25.5 Å². The Hall–Kier alpha value is -0.870. The molecule has 1 aromatic rings. The molecule has 1 aliphatic heterocycles. The number of nitrogens with one attached hydrogen (secondary N) is 1. The molecule has 1 fully saturated rings. The minimum atomic E-state index is 0.526. The first-order valence-electron chi connectivity index (χ1n) is 4.66. The topological polar surface area (TPSA) is 47.3 Å². The molecule has 0 amide bonds. The summed E-state index contributed by atoms with van der Waals surface area (Å²) >= 11 is 0. The first kappa shape index (κ1) is 8.72. The van der Waals surface area contributed by atoms with Crippen LogP contribution in [0.2, 0.25) is 0 Å². The van der Waals surface area contributed by atoms with E-state index in [-0.39, 0.29) is 0 Å². The van der Waals surface area contributed by atoms with Crippen molar-refractivity contribution in [1.82, 2.24) is 10.5 Å². The fraction of sp³-hybridized carbons (Fsp3) is 0.667. The van der Waals surface area contributed by atoms with E-state index in [9.17, 15) is 0 Å². The van der Waals surface area contributed by atoms with Crippen molar-refractivity contribution in [1.29, 1.82) is 0 Å². The van der Waals surface area contributed by atoms with Crippen LogP contribution in [-0.4, -0.2) is 24.4 Å². The fourth-order valence-corrected chi connectivity index (χ4v) is 1.52. The number of aromatic nitrogens is 1. The zero-order chi connectivity index (χ0) is 8.93. The molecule has 0 aliphatic carbocycles. The second kappa shape index (κ2) is 4.39. The summed E-state index contributed by atoms with van der Waals surface area (Å²) < 4.78 is 10.4. The van der Waals surface area contributed by atoms with E-state index in [1.54, 1.807) is 6.20 Å². The molecule has 1 aliphatic rings. The summed E-state index contributed by atoms with van der Waals surface area (Å²) in [4.78, 5) is 0. The predicted octanol–water partition coefficient (Wildman–Crippen LogP) is 0.943. The van der Waals surface area contributed by atoms with Gasteiger partial charge in [0.15, 0.2) is 5.76 Å². The molecule has 0 saturated carbocycles. The van der Waals surface area contributed by atoms with Crippen LogP contribution in [0.4, 0.5) is 0 Å². The van der Waals surface area contributed by atoms with Gasteiger partial charge in [-0.05, 0) is 19.4 Å². The second-order valence-electron chi connectivity index (χ2n) is 3.29. The van der Waals surface area contributed by atoms with Crippen LogP contribution in [0.15, 0.2) is 16.8 Å². The van der Waals surface area contributed by atoms with Gasteiger partial charge < -0.3 is 14.6 Å². The van der Waals surface area contributed by atoms with Gasteiger partial charge in [0.2, 0.25) is 0 Å². The van der Waals surface area contributed by atoms with Gasteiger partial charge in [0.1, 0.15) is 6.61 Å². The molecule has 1 saturated heterocycles. The molecule has 1 N–H and O–H groups in total. The molecule has 2 rings (SSSR count). The molecule has 2 heterocycles. The molecule has 0 spiro atoms. The second-order valence-corrected chi connectivity index (χ2v) is 3.29. The molecule has 4 heteroatoms. The van der Waals surface area contributed by atoms with E-state index in [1.165, 1.54) is 12.8 Å². The van der Waals surface area contributed by atoms with Crippen molar-refractivity contribution in [2.75, 3.05) is 13.2 Å². The first-order valence-corrected chi connectivity index (χ1v) is 4.66. The van der Waals surface area contributed by atoms with E-state index in [2.05, 4.69) is 10.5 Å². The summed E-state index contributed by atoms with van der Waals surface area (Å²) in [7, 11) is 0. The summed E-state index contributed by atoms with van der Waals surface area (Å²) in [6, 6.07) is 2.35. The van der Waals surface area contributed by atoms with Crippen LogP contribution in [-0.2, 0) is 11.3 Å². The van der Waals surface area contributed by atoms with Gasteiger partial charge in [-0.3, -0.25) is 0 Å². The Bertz CT molecular complexity index is 230. The van der Waals surface area contributed by atoms with Gasteiger partial charge in [0.25, 0.3) is 0 Å². The molecule has 0 radical (unpaired) electrons. The first-order chi connectivity index (χ1) is 6.45. The van der Waals surface area contributed by atoms with Crippen molar-refractivity contribution in [2.24, 2.45) is 0 Å². The number of ether oxygens (including phenoxy) is 1. The minimum absolute atomic E-state index is 0.526. The van der Waals surface area contributed by atoms with Gasteiger partial charge in [-0.25, -0.2) is 0 Å². The third-order valence-corrected chi connectivity index (χ3v) is 2.22. The fourth-order valence-electron chi connectivity index (χ4n) is 1.52. The van der Waals surface area contributed by atoms with Gasteiger partial charge in [-0.15, -0.1) is 0 Å². The van der Waals surface area contributed by atoms with Crippen molar-refractivity contribution >= 4 is 0 Å². The van der Waals surface area contributed by atoms with E-state index < -0.39 is 0 Å². The summed E-state index contributed by atoms with van der Waals surface area (Å²) in [5, 5.41) is 6.97. The van der Waals surface area contributed by atoms with E-state index in [4.69, 9.17) is 9.26 Å². The number of hydrogen-bond acceptors (Lipinski definition) is 4. The molecule has 4 nitrogen and oxygen atoms in total. The molecule has 1 atom stereocenters. The Morgan fingerprint density at radius 3 is 3.38 bits per heavy atom. The average Bonchev–Trinajstić information content (AvgIpc) is 2.75. The SMILES string of the molecule is c1cc(COCC2CCCN2)on1. The zero-order valence-corrected chi connectivity index (χ0v) is 7.53. The van der Waals surface area contributed by atoms with Crippen LogP contribution in [0.1, 0.15) is 18.6 Å². The number of hydrogen-bond donors (Lipinski definition) is 1. The van der Waals surface area contributed by atoms with E-state index >= 15 is 0 Å². The standard InChI is InChI=1S/C9H14N2O2/c1-2-8(10-4-1)6-12-7-9-3-5-11-13-9/h3,5,8,10H,1-2,4,6-7H2. The van der Waals surface area contributed by atoms with Crippen molar-refractivity contribution in [3.8, 4) is 0 Å². The molecular weight excluding hydrogens is 168 g/mol. The van der Waals surface area contributed by atoms with E-state index in [0.717, 1.165) is 18.9 Å². The Labute approximate surface area is 77.2 Å². The van der Waals surface area contributed by atoms with E-state index in [0.29, 0.717) is 12.6 Å². The molecule has 72 valence electrons. The van der Waals surface area contributed by atoms with Gasteiger partial charge in [-0.2, -0.15) is 0 Å². The maximum Gasteiger partial charge on any atom is 0.162 e. The largest absolute Gasteiger partial charge is 0.372 e. The van der Waals surface area contributed by atoms with Crippen molar-refractivity contribution < 1.29 is 9.26 Å². The normalized spacial score (nSPS) is 22.3. The highest BCUT2D eigenvalue weighted by molar-refractivity contribution is 4.90. The molecular formula is C9H14N2O2. The van der Waals surface area contributed by atoms with Crippen LogP contribution in [0.25, 0.3) is 0 Å². The monoisotopic (exact) mass is 182 g/mol. The maximum absolute atomic E-state index is 5.47. The molecule has 13 heavy (non-hydrogen) atoms. The van der Waals surface area contributed by atoms with Gasteiger partial charge >= 0.3 is 0 Å². The lowest BCUT2D eigenvalue weighted by molar-refractivity contribution is 0.0862. The lowest BCUT2D eigenvalue weighted by atomic mass is 10.2. The number of rotatable bonds is 4. The van der Waals surface area contributed by atoms with Gasteiger partial charge in [0.05, 0.1) is 12.8 Å². The van der Waals surface area contributed by atoms with Crippen LogP contribution in [0.5, 0.6) is 0 Å². The van der Waals surface area contributed by atoms with Crippen molar-refractivity contribution in [3.63, 3.8) is 0 Å². The quantitative estimate of drug-likeness (QED) is 0.753. The Morgan fingerprint density at radius 2 is 2.69 bits per heavy atom. The highest BCUT2D eigenvalue weighted by atomic mass is 16.5. The molecule has 1 aromatic heterocycles. The lowest BCUT2D eigenvalue weighted by Gasteiger charge is -2.08. The maximum atomic E-state index is 5.47. The molecule has 1 unspecified atom stereocenters. The van der Waals surface area contributed by atoms with Crippen LogP contribution < -0.4 is 5.32 Å². The molecule has 0 aromatic carbocycles. The summed E-state index contributed by atoms with van der Waals surface area (Å²) in [5.41, 5.74) is 0. The smallest absolute Gasteiger partial charge is 0.162 e. The Morgan fingerprint density at radius 1 is 1.69 bits per heavy atom. The van der Waals surface area contributed by atoms with Gasteiger partial charge in [0, 0.05) is 12.1 Å². The third kappa shape index (κ3) is 2.54. The number of nitrogens with zero attached hydrogens (tertiary/aromatic N) is 1. The van der Waals surface area contributed by atoms with Gasteiger partial charge in [-0.1, -0.05) is 5.16 Å². The highest BCUT2D eigenvalue weighted by Crippen LogP contribution is 2.06. The lowest BCUT2D eigenvalue weighted by Crippen LogP contribution is -2.26. The minimum Gasteiger partial charge on any atom is -0.372 e. The average molecular weight is 182 g/mol. The van der Waals surface area contributed by atoms with E-state index in [1.807, 2.05) is 6.07 Å². The van der Waals surface area contributed by atoms with Crippen molar-refractivity contribution in [3.05, 3.63) is 18.0 Å². The Balaban J connectivity index is 1.63. The predicted molar refractivity (Wildman–Crippen MR) is 47.2 cm³/mol. The Kier molecular flexibility index (Phi) is 2.94. The summed E-state index contributed by atoms with van der Waals surface area (Å²) in [6.45, 7) is 2.41. The summed E-state index contributed by atoms with van der Waals surface area (Å²) in [6.07, 6.45) is 4.11. The molecule has 0 bridgehead atoms.